The predicted molar refractivity (Wildman–Crippen MR) is 119 cm³/mol. The number of hydrogen-bond acceptors (Lipinski definition) is 5. The molecule has 0 bridgehead atoms. The minimum absolute atomic E-state index is 0.0546. The molecule has 2 heterocycles. The lowest BCUT2D eigenvalue weighted by atomic mass is 9.97. The summed E-state index contributed by atoms with van der Waals surface area (Å²) in [5, 5.41) is 3.91. The standard InChI is InChI=1S/C23H25FN4OS/c1-15-5-10-20(12-16(15)2)25-22(29)18-4-3-11-28(14-18)23-26-21(27-30-23)13-17-6-8-19(24)9-7-17/h5-10,12,18H,3-4,11,13-14H2,1-2H3,(H,25,29)/t18-/m0/s1. The summed E-state index contributed by atoms with van der Waals surface area (Å²) in [6, 6.07) is 12.4. The van der Waals surface area contributed by atoms with Crippen molar-refractivity contribution in [1.82, 2.24) is 9.36 Å². The minimum atomic E-state index is -0.246. The number of halogens is 1. The van der Waals surface area contributed by atoms with Crippen molar-refractivity contribution in [1.29, 1.82) is 0 Å². The molecule has 0 radical (unpaired) electrons. The van der Waals surface area contributed by atoms with E-state index in [2.05, 4.69) is 26.5 Å². The first-order valence-corrected chi connectivity index (χ1v) is 11.0. The second-order valence-corrected chi connectivity index (χ2v) is 8.60. The number of piperidine rings is 1. The normalized spacial score (nSPS) is 16.5. The highest BCUT2D eigenvalue weighted by molar-refractivity contribution is 7.09. The number of carbonyl (C=O) groups excluding carboxylic acids is 1. The van der Waals surface area contributed by atoms with Crippen LogP contribution < -0.4 is 10.2 Å². The highest BCUT2D eigenvalue weighted by Gasteiger charge is 2.27. The van der Waals surface area contributed by atoms with E-state index in [1.807, 2.05) is 25.1 Å². The Kier molecular flexibility index (Phi) is 6.08. The number of rotatable bonds is 5. The molecule has 1 saturated heterocycles. The van der Waals surface area contributed by atoms with Crippen molar-refractivity contribution in [2.24, 2.45) is 5.92 Å². The summed E-state index contributed by atoms with van der Waals surface area (Å²) in [5.74, 6) is 0.455. The zero-order valence-corrected chi connectivity index (χ0v) is 18.0. The smallest absolute Gasteiger partial charge is 0.229 e. The van der Waals surface area contributed by atoms with Crippen molar-refractivity contribution in [2.75, 3.05) is 23.3 Å². The topological polar surface area (TPSA) is 58.1 Å². The van der Waals surface area contributed by atoms with Gasteiger partial charge in [0.1, 0.15) is 11.6 Å². The van der Waals surface area contributed by atoms with E-state index in [1.165, 1.54) is 34.8 Å². The fraction of sp³-hybridized carbons (Fsp3) is 0.348. The molecule has 30 heavy (non-hydrogen) atoms. The van der Waals surface area contributed by atoms with Crippen molar-refractivity contribution in [2.45, 2.75) is 33.1 Å². The third-order valence-electron chi connectivity index (χ3n) is 5.57. The lowest BCUT2D eigenvalue weighted by Crippen LogP contribution is -2.40. The van der Waals surface area contributed by atoms with Crippen molar-refractivity contribution in [3.05, 3.63) is 70.8 Å². The summed E-state index contributed by atoms with van der Waals surface area (Å²) in [5.41, 5.74) is 4.20. The van der Waals surface area contributed by atoms with Crippen LogP contribution in [-0.2, 0) is 11.2 Å². The predicted octanol–water partition coefficient (Wildman–Crippen LogP) is 4.74. The minimum Gasteiger partial charge on any atom is -0.346 e. The van der Waals surface area contributed by atoms with E-state index in [0.717, 1.165) is 41.6 Å². The summed E-state index contributed by atoms with van der Waals surface area (Å²) in [4.78, 5) is 19.6. The van der Waals surface area contributed by atoms with Crippen LogP contribution in [-0.4, -0.2) is 28.4 Å². The Labute approximate surface area is 180 Å². The Hall–Kier alpha value is -2.80. The number of aromatic nitrogens is 2. The molecule has 1 aliphatic heterocycles. The highest BCUT2D eigenvalue weighted by Crippen LogP contribution is 2.26. The zero-order valence-electron chi connectivity index (χ0n) is 17.2. The highest BCUT2D eigenvalue weighted by atomic mass is 32.1. The van der Waals surface area contributed by atoms with Gasteiger partial charge in [-0.2, -0.15) is 4.37 Å². The van der Waals surface area contributed by atoms with Crippen LogP contribution in [0.4, 0.5) is 15.2 Å². The Bertz CT molecular complexity index is 1030. The van der Waals surface area contributed by atoms with E-state index >= 15 is 0 Å². The molecule has 1 fully saturated rings. The van der Waals surface area contributed by atoms with E-state index < -0.39 is 0 Å². The van der Waals surface area contributed by atoms with Gasteiger partial charge in [-0.3, -0.25) is 4.79 Å². The maximum absolute atomic E-state index is 13.1. The van der Waals surface area contributed by atoms with Crippen LogP contribution in [0.1, 0.15) is 35.4 Å². The van der Waals surface area contributed by atoms with Crippen LogP contribution in [0.3, 0.4) is 0 Å². The number of nitrogens with one attached hydrogen (secondary N) is 1. The molecule has 0 unspecified atom stereocenters. The number of carbonyl (C=O) groups is 1. The molecule has 0 aliphatic carbocycles. The molecule has 3 aromatic rings. The monoisotopic (exact) mass is 424 g/mol. The number of nitrogens with zero attached hydrogens (tertiary/aromatic N) is 3. The molecule has 1 atom stereocenters. The molecular formula is C23H25FN4OS. The quantitative estimate of drug-likeness (QED) is 0.643. The van der Waals surface area contributed by atoms with Crippen molar-refractivity contribution >= 4 is 28.3 Å². The first kappa shape index (κ1) is 20.5. The van der Waals surface area contributed by atoms with Gasteiger partial charge in [-0.1, -0.05) is 18.2 Å². The molecule has 1 aliphatic rings. The molecule has 1 amide bonds. The number of benzene rings is 2. The molecule has 0 spiro atoms. The van der Waals surface area contributed by atoms with Crippen molar-refractivity contribution < 1.29 is 9.18 Å². The van der Waals surface area contributed by atoms with Crippen LogP contribution >= 0.6 is 11.5 Å². The van der Waals surface area contributed by atoms with Gasteiger partial charge in [-0.15, -0.1) is 0 Å². The van der Waals surface area contributed by atoms with Crippen LogP contribution in [0.25, 0.3) is 0 Å². The van der Waals surface area contributed by atoms with E-state index in [1.54, 1.807) is 12.1 Å². The largest absolute Gasteiger partial charge is 0.346 e. The van der Waals surface area contributed by atoms with Crippen LogP contribution in [0, 0.1) is 25.6 Å². The molecular weight excluding hydrogens is 399 g/mol. The van der Waals surface area contributed by atoms with Crippen LogP contribution in [0.5, 0.6) is 0 Å². The Morgan fingerprint density at radius 3 is 2.77 bits per heavy atom. The van der Waals surface area contributed by atoms with E-state index in [4.69, 9.17) is 0 Å². The van der Waals surface area contributed by atoms with Crippen molar-refractivity contribution in [3.8, 4) is 0 Å². The molecule has 2 aromatic carbocycles. The zero-order chi connectivity index (χ0) is 21.1. The van der Waals surface area contributed by atoms with Crippen LogP contribution in [0.15, 0.2) is 42.5 Å². The van der Waals surface area contributed by atoms with E-state index in [-0.39, 0.29) is 17.6 Å². The summed E-state index contributed by atoms with van der Waals surface area (Å²) >= 11 is 1.36. The fourth-order valence-corrected chi connectivity index (χ4v) is 4.38. The maximum atomic E-state index is 13.1. The van der Waals surface area contributed by atoms with Gasteiger partial charge in [-0.25, -0.2) is 9.37 Å². The first-order valence-electron chi connectivity index (χ1n) is 10.2. The van der Waals surface area contributed by atoms with Gasteiger partial charge >= 0.3 is 0 Å². The third-order valence-corrected chi connectivity index (χ3v) is 6.38. The number of hydrogen-bond donors (Lipinski definition) is 1. The Morgan fingerprint density at radius 1 is 1.20 bits per heavy atom. The maximum Gasteiger partial charge on any atom is 0.229 e. The molecule has 7 heteroatoms. The third kappa shape index (κ3) is 4.84. The van der Waals surface area contributed by atoms with Gasteiger partial charge in [0.25, 0.3) is 0 Å². The lowest BCUT2D eigenvalue weighted by Gasteiger charge is -2.31. The number of amides is 1. The fourth-order valence-electron chi connectivity index (χ4n) is 3.66. The van der Waals surface area contributed by atoms with Gasteiger partial charge in [0, 0.05) is 36.7 Å². The van der Waals surface area contributed by atoms with Gasteiger partial charge in [0.2, 0.25) is 11.0 Å². The molecule has 156 valence electrons. The van der Waals surface area contributed by atoms with Gasteiger partial charge in [0.15, 0.2) is 0 Å². The second-order valence-electron chi connectivity index (χ2n) is 7.87. The van der Waals surface area contributed by atoms with Crippen LogP contribution in [0.2, 0.25) is 0 Å². The van der Waals surface area contributed by atoms with Gasteiger partial charge in [0.05, 0.1) is 5.92 Å². The Balaban J connectivity index is 1.38. The summed E-state index contributed by atoms with van der Waals surface area (Å²) in [7, 11) is 0. The molecule has 1 N–H and O–H groups in total. The average Bonchev–Trinajstić information content (AvgIpc) is 3.21. The lowest BCUT2D eigenvalue weighted by molar-refractivity contribution is -0.120. The second kappa shape index (κ2) is 8.92. The van der Waals surface area contributed by atoms with Crippen molar-refractivity contribution in [3.63, 3.8) is 0 Å². The van der Waals surface area contributed by atoms with Gasteiger partial charge < -0.3 is 10.2 Å². The summed E-state index contributed by atoms with van der Waals surface area (Å²) in [6.07, 6.45) is 2.38. The SMILES string of the molecule is Cc1ccc(NC(=O)[C@H]2CCCN(c3nc(Cc4ccc(F)cc4)ns3)C2)cc1C. The van der Waals surface area contributed by atoms with Gasteiger partial charge in [-0.05, 0) is 67.6 Å². The summed E-state index contributed by atoms with van der Waals surface area (Å²) < 4.78 is 17.5. The molecule has 5 nitrogen and oxygen atoms in total. The molecule has 1 aromatic heterocycles. The number of aryl methyl sites for hydroxylation is 2. The number of anilines is 2. The molecule has 0 saturated carbocycles. The average molecular weight is 425 g/mol. The Morgan fingerprint density at radius 2 is 2.00 bits per heavy atom. The van der Waals surface area contributed by atoms with E-state index in [9.17, 15) is 9.18 Å². The van der Waals surface area contributed by atoms with E-state index in [0.29, 0.717) is 13.0 Å². The first-order chi connectivity index (χ1) is 14.5. The molecule has 4 rings (SSSR count). The summed E-state index contributed by atoms with van der Waals surface area (Å²) in [6.45, 7) is 5.62.